The minimum absolute atomic E-state index is 0. The van der Waals surface area contributed by atoms with E-state index in [1.165, 1.54) is 24.3 Å². The molecule has 0 bridgehead atoms. The van der Waals surface area contributed by atoms with Gasteiger partial charge in [-0.2, -0.15) is 0 Å². The van der Waals surface area contributed by atoms with Gasteiger partial charge < -0.3 is 0 Å². The summed E-state index contributed by atoms with van der Waals surface area (Å²) in [7, 11) is -3.12. The zero-order valence-corrected chi connectivity index (χ0v) is 6.73. The van der Waals surface area contributed by atoms with Crippen molar-refractivity contribution in [1.29, 1.82) is 0 Å². The van der Waals surface area contributed by atoms with Crippen LogP contribution >= 0.6 is 0 Å². The van der Waals surface area contributed by atoms with E-state index in [4.69, 9.17) is 13.0 Å². The SMILES string of the molecule is O=C1C=CC(=O)C=C1.O=[SH](=O)O.[H+]. The van der Waals surface area contributed by atoms with E-state index in [1.54, 1.807) is 0 Å². The van der Waals surface area contributed by atoms with Gasteiger partial charge >= 0.3 is 1.43 Å². The van der Waals surface area contributed by atoms with Gasteiger partial charge in [-0.3, -0.25) is 14.1 Å². The van der Waals surface area contributed by atoms with Crippen LogP contribution < -0.4 is 0 Å². The first-order chi connectivity index (χ1) is 5.52. The summed E-state index contributed by atoms with van der Waals surface area (Å²) >= 11 is 0. The molecule has 0 aromatic heterocycles. The van der Waals surface area contributed by atoms with Gasteiger partial charge in [0.05, 0.1) is 0 Å². The van der Waals surface area contributed by atoms with Crippen molar-refractivity contribution < 1.29 is 24.0 Å². The standard InChI is InChI=1S/C6H4O2.H2O3S/c7-5-1-2-6(8)4-3-5;1-4(2)3/h1-4H;4H,(H,1,2,3)/p+1. The highest BCUT2D eigenvalue weighted by Crippen LogP contribution is 1.90. The van der Waals surface area contributed by atoms with Gasteiger partial charge in [0.1, 0.15) is 0 Å². The van der Waals surface area contributed by atoms with E-state index in [2.05, 4.69) is 0 Å². The van der Waals surface area contributed by atoms with Gasteiger partial charge in [0.15, 0.2) is 11.6 Å². The van der Waals surface area contributed by atoms with E-state index in [9.17, 15) is 9.59 Å². The van der Waals surface area contributed by atoms with Crippen LogP contribution in [-0.4, -0.2) is 24.5 Å². The van der Waals surface area contributed by atoms with Crippen LogP contribution in [-0.2, 0) is 20.6 Å². The summed E-state index contributed by atoms with van der Waals surface area (Å²) in [6.07, 6.45) is 5.01. The second-order valence-electron chi connectivity index (χ2n) is 1.71. The van der Waals surface area contributed by atoms with Crippen LogP contribution in [0.3, 0.4) is 0 Å². The highest BCUT2D eigenvalue weighted by atomic mass is 32.2. The monoisotopic (exact) mass is 191 g/mol. The van der Waals surface area contributed by atoms with Gasteiger partial charge in [-0.25, -0.2) is 8.42 Å². The predicted molar refractivity (Wildman–Crippen MR) is 42.3 cm³/mol. The quantitative estimate of drug-likeness (QED) is 0.304. The van der Waals surface area contributed by atoms with Gasteiger partial charge in [-0.05, 0) is 24.3 Å². The molecule has 6 heteroatoms. The summed E-state index contributed by atoms with van der Waals surface area (Å²) in [4.78, 5) is 20.6. The molecule has 0 aromatic carbocycles. The second-order valence-corrected chi connectivity index (χ2v) is 2.18. The number of hydrogen-bond acceptors (Lipinski definition) is 4. The van der Waals surface area contributed by atoms with Crippen LogP contribution in [0.2, 0.25) is 0 Å². The van der Waals surface area contributed by atoms with Crippen LogP contribution in [0, 0.1) is 0 Å². The van der Waals surface area contributed by atoms with Crippen molar-refractivity contribution in [3.8, 4) is 0 Å². The van der Waals surface area contributed by atoms with Crippen molar-refractivity contribution in [2.24, 2.45) is 0 Å². The maximum atomic E-state index is 10.3. The molecule has 0 unspecified atom stereocenters. The van der Waals surface area contributed by atoms with E-state index < -0.39 is 11.0 Å². The lowest BCUT2D eigenvalue weighted by atomic mass is 10.2. The Labute approximate surface area is 71.7 Å². The van der Waals surface area contributed by atoms with Crippen LogP contribution in [0.1, 0.15) is 1.43 Å². The van der Waals surface area contributed by atoms with Gasteiger partial charge in [0, 0.05) is 0 Å². The molecular weight excluding hydrogens is 184 g/mol. The Morgan fingerprint density at radius 3 is 1.33 bits per heavy atom. The predicted octanol–water partition coefficient (Wildman–Crippen LogP) is -0.566. The summed E-state index contributed by atoms with van der Waals surface area (Å²) in [6, 6.07) is 0. The van der Waals surface area contributed by atoms with E-state index in [0.29, 0.717) is 0 Å². The molecule has 1 rings (SSSR count). The average molecular weight is 191 g/mol. The van der Waals surface area contributed by atoms with Crippen LogP contribution in [0.5, 0.6) is 0 Å². The Kier molecular flexibility index (Phi) is 4.82. The van der Waals surface area contributed by atoms with Crippen molar-refractivity contribution in [2.75, 3.05) is 0 Å². The zero-order valence-electron chi connectivity index (χ0n) is 6.84. The normalized spacial score (nSPS) is 14.5. The van der Waals surface area contributed by atoms with E-state index >= 15 is 0 Å². The third-order valence-corrected chi connectivity index (χ3v) is 0.824. The highest BCUT2D eigenvalue weighted by molar-refractivity contribution is 7.66. The zero-order chi connectivity index (χ0) is 9.56. The van der Waals surface area contributed by atoms with E-state index in [0.717, 1.165) is 0 Å². The first-order valence-corrected chi connectivity index (χ1v) is 3.93. The molecule has 5 nitrogen and oxygen atoms in total. The molecular formula is C6H7O5S+. The Bertz CT molecular complexity index is 269. The van der Waals surface area contributed by atoms with Crippen LogP contribution in [0.4, 0.5) is 0 Å². The number of ketones is 2. The molecule has 1 N–H and O–H groups in total. The Hall–Kier alpha value is -1.27. The van der Waals surface area contributed by atoms with E-state index in [-0.39, 0.29) is 13.0 Å². The van der Waals surface area contributed by atoms with Crippen molar-refractivity contribution in [1.82, 2.24) is 0 Å². The largest absolute Gasteiger partial charge is 1.00 e. The summed E-state index contributed by atoms with van der Waals surface area (Å²) < 4.78 is 24.2. The molecule has 1 aliphatic rings. The first kappa shape index (κ1) is 10.7. The molecule has 0 aliphatic heterocycles. The fourth-order valence-electron chi connectivity index (χ4n) is 0.440. The highest BCUT2D eigenvalue weighted by Gasteiger charge is 1.97. The molecule has 0 aromatic rings. The maximum Gasteiger partial charge on any atom is 1.00 e. The van der Waals surface area contributed by atoms with Crippen molar-refractivity contribution in [2.45, 2.75) is 0 Å². The number of hydrogen-bond donors (Lipinski definition) is 2. The number of carbonyl (C=O) groups excluding carboxylic acids is 2. The third kappa shape index (κ3) is 6.84. The Morgan fingerprint density at radius 1 is 1.00 bits per heavy atom. The van der Waals surface area contributed by atoms with E-state index in [1.807, 2.05) is 0 Å². The molecule has 0 amide bonds. The summed E-state index contributed by atoms with van der Waals surface area (Å²) in [6.45, 7) is 0. The maximum absolute atomic E-state index is 10.3. The third-order valence-electron chi connectivity index (χ3n) is 0.824. The lowest BCUT2D eigenvalue weighted by Gasteiger charge is -1.87. The van der Waals surface area contributed by atoms with Crippen LogP contribution in [0.15, 0.2) is 24.3 Å². The molecule has 0 saturated carbocycles. The molecule has 0 atom stereocenters. The number of thiol groups is 1. The number of allylic oxidation sites excluding steroid dienone is 4. The fourth-order valence-corrected chi connectivity index (χ4v) is 0.440. The molecule has 0 radical (unpaired) electrons. The molecule has 1 aliphatic carbocycles. The minimum atomic E-state index is -3.12. The molecule has 0 saturated heterocycles. The van der Waals surface area contributed by atoms with Gasteiger partial charge in [-0.1, -0.05) is 0 Å². The molecule has 0 fully saturated rings. The van der Waals surface area contributed by atoms with Crippen molar-refractivity contribution >= 4 is 22.6 Å². The molecule has 0 spiro atoms. The topological polar surface area (TPSA) is 88.5 Å². The number of rotatable bonds is 0. The average Bonchev–Trinajstić information content (AvgIpc) is 1.94. The minimum Gasteiger partial charge on any atom is -0.290 e. The fraction of sp³-hybridized carbons (Fsp3) is 0. The smallest absolute Gasteiger partial charge is 0.290 e. The van der Waals surface area contributed by atoms with Crippen LogP contribution in [0.25, 0.3) is 0 Å². The molecule has 0 heterocycles. The summed E-state index contributed by atoms with van der Waals surface area (Å²) in [5.74, 6) is -0.241. The number of carbonyl (C=O) groups is 2. The van der Waals surface area contributed by atoms with Gasteiger partial charge in [0.25, 0.3) is 11.0 Å². The molecule has 66 valence electrons. The Balaban J connectivity index is 0. The molecule has 12 heavy (non-hydrogen) atoms. The summed E-state index contributed by atoms with van der Waals surface area (Å²) in [5, 5.41) is 0. The van der Waals surface area contributed by atoms with Gasteiger partial charge in [-0.15, -0.1) is 0 Å². The summed E-state index contributed by atoms with van der Waals surface area (Å²) in [5.41, 5.74) is 0. The lowest BCUT2D eigenvalue weighted by molar-refractivity contribution is -0.113. The second kappa shape index (κ2) is 5.39. The first-order valence-electron chi connectivity index (χ1n) is 2.79. The van der Waals surface area contributed by atoms with Gasteiger partial charge in [0.2, 0.25) is 0 Å². The lowest BCUT2D eigenvalue weighted by Crippen LogP contribution is -1.97. The van der Waals surface area contributed by atoms with Crippen molar-refractivity contribution in [3.05, 3.63) is 24.3 Å². The van der Waals surface area contributed by atoms with Crippen molar-refractivity contribution in [3.63, 3.8) is 0 Å². The Morgan fingerprint density at radius 2 is 1.17 bits per heavy atom.